The molecule has 5 rings (SSSR count). The zero-order valence-electron chi connectivity index (χ0n) is 24.4. The molecule has 3 aromatic rings. The molecule has 10 heteroatoms. The molecule has 2 aromatic carbocycles. The number of carbonyl (C=O) groups excluding carboxylic acids is 3. The largest absolute Gasteiger partial charge is 0.491 e. The highest BCUT2D eigenvalue weighted by Gasteiger charge is 2.39. The average Bonchev–Trinajstić information content (AvgIpc) is 3.46. The minimum Gasteiger partial charge on any atom is -0.491 e. The molecule has 3 heterocycles. The number of amides is 3. The van der Waals surface area contributed by atoms with Crippen molar-refractivity contribution in [3.63, 3.8) is 0 Å². The van der Waals surface area contributed by atoms with Crippen LogP contribution in [0.1, 0.15) is 69.3 Å². The average molecular weight is 592 g/mol. The van der Waals surface area contributed by atoms with E-state index in [1.165, 1.54) is 16.2 Å². The third kappa shape index (κ3) is 6.29. The zero-order valence-corrected chi connectivity index (χ0v) is 25.2. The van der Waals surface area contributed by atoms with Crippen molar-refractivity contribution in [2.24, 2.45) is 0 Å². The Morgan fingerprint density at radius 1 is 1.07 bits per heavy atom. The molecule has 0 unspecified atom stereocenters. The van der Waals surface area contributed by atoms with E-state index in [-0.39, 0.29) is 18.2 Å². The normalized spacial score (nSPS) is 17.0. The van der Waals surface area contributed by atoms with Gasteiger partial charge in [-0.15, -0.1) is 11.3 Å². The maximum atomic E-state index is 13.4. The van der Waals surface area contributed by atoms with Crippen molar-refractivity contribution < 1.29 is 29.0 Å². The lowest BCUT2D eigenvalue weighted by atomic mass is 9.91. The van der Waals surface area contributed by atoms with Crippen molar-refractivity contribution in [1.29, 1.82) is 0 Å². The minimum atomic E-state index is -1.06. The second-order valence-corrected chi connectivity index (χ2v) is 12.7. The quantitative estimate of drug-likeness (QED) is 0.391. The number of aliphatic hydroxyl groups excluding tert-OH is 1. The molecule has 222 valence electrons. The van der Waals surface area contributed by atoms with Crippen LogP contribution in [-0.4, -0.2) is 63.7 Å². The van der Waals surface area contributed by atoms with Crippen LogP contribution in [0.5, 0.6) is 5.75 Å². The number of nitrogens with one attached hydrogen (secondary N) is 1. The molecule has 2 atom stereocenters. The molecular weight excluding hydrogens is 554 g/mol. The number of aliphatic hydroxyl groups is 1. The van der Waals surface area contributed by atoms with E-state index in [0.717, 1.165) is 21.6 Å². The van der Waals surface area contributed by atoms with Gasteiger partial charge in [0, 0.05) is 24.5 Å². The van der Waals surface area contributed by atoms with Crippen LogP contribution in [0.15, 0.2) is 54.6 Å². The zero-order chi connectivity index (χ0) is 30.0. The molecule has 0 radical (unpaired) electrons. The first-order valence-electron chi connectivity index (χ1n) is 14.2. The maximum Gasteiger partial charge on any atom is 0.410 e. The summed E-state index contributed by atoms with van der Waals surface area (Å²) < 4.78 is 11.5. The second-order valence-electron chi connectivity index (χ2n) is 11.6. The second kappa shape index (κ2) is 12.1. The standard InChI is InChI=1S/C32H37N3O6S/c1-5-40-27-26-25(19-34(30(26)38)17-20-11-7-6-8-12-20)42-28(27)29(37)33-16-24(36)23-15-21-13-9-10-14-22(21)18-35(23)31(39)41-32(2,3)4/h6-14,23-24,36H,5,15-19H2,1-4H3,(H,33,37)/t23-,24+/m0/s1. The van der Waals surface area contributed by atoms with Gasteiger partial charge in [-0.3, -0.25) is 14.5 Å². The van der Waals surface area contributed by atoms with E-state index in [4.69, 9.17) is 9.47 Å². The van der Waals surface area contributed by atoms with Gasteiger partial charge in [0.15, 0.2) is 5.75 Å². The molecular formula is C32H37N3O6S. The van der Waals surface area contributed by atoms with Crippen LogP contribution in [0.3, 0.4) is 0 Å². The Kier molecular flexibility index (Phi) is 8.56. The summed E-state index contributed by atoms with van der Waals surface area (Å²) >= 11 is 1.24. The molecule has 3 amide bonds. The molecule has 0 bridgehead atoms. The number of carbonyl (C=O) groups is 3. The van der Waals surface area contributed by atoms with E-state index in [2.05, 4.69) is 5.32 Å². The Labute approximate surface area is 250 Å². The monoisotopic (exact) mass is 591 g/mol. The first kappa shape index (κ1) is 29.6. The van der Waals surface area contributed by atoms with E-state index < -0.39 is 29.7 Å². The minimum absolute atomic E-state index is 0.0901. The topological polar surface area (TPSA) is 108 Å². The van der Waals surface area contributed by atoms with Gasteiger partial charge in [-0.05, 0) is 50.8 Å². The molecule has 0 saturated heterocycles. The summed E-state index contributed by atoms with van der Waals surface area (Å²) in [5.41, 5.74) is 2.80. The molecule has 42 heavy (non-hydrogen) atoms. The van der Waals surface area contributed by atoms with Crippen LogP contribution in [0.4, 0.5) is 4.79 Å². The van der Waals surface area contributed by atoms with Gasteiger partial charge in [-0.25, -0.2) is 4.79 Å². The van der Waals surface area contributed by atoms with Crippen molar-refractivity contribution in [3.05, 3.63) is 86.6 Å². The van der Waals surface area contributed by atoms with Gasteiger partial charge in [-0.1, -0.05) is 54.6 Å². The Bertz CT molecular complexity index is 1460. The first-order valence-corrected chi connectivity index (χ1v) is 15.0. The number of hydrogen-bond donors (Lipinski definition) is 2. The van der Waals surface area contributed by atoms with Crippen LogP contribution < -0.4 is 10.1 Å². The Morgan fingerprint density at radius 3 is 2.45 bits per heavy atom. The van der Waals surface area contributed by atoms with Crippen molar-refractivity contribution >= 4 is 29.2 Å². The van der Waals surface area contributed by atoms with Gasteiger partial charge in [0.2, 0.25) is 0 Å². The molecule has 2 aliphatic heterocycles. The lowest BCUT2D eigenvalue weighted by Gasteiger charge is -2.40. The highest BCUT2D eigenvalue weighted by atomic mass is 32.1. The molecule has 1 aromatic heterocycles. The van der Waals surface area contributed by atoms with Crippen molar-refractivity contribution in [2.45, 2.75) is 71.5 Å². The summed E-state index contributed by atoms with van der Waals surface area (Å²) in [6.07, 6.45) is -1.14. The van der Waals surface area contributed by atoms with Crippen LogP contribution in [0.2, 0.25) is 0 Å². The lowest BCUT2D eigenvalue weighted by Crippen LogP contribution is -2.54. The maximum absolute atomic E-state index is 13.4. The molecule has 2 N–H and O–H groups in total. The molecule has 0 spiro atoms. The van der Waals surface area contributed by atoms with Crippen LogP contribution in [0.25, 0.3) is 0 Å². The van der Waals surface area contributed by atoms with Crippen molar-refractivity contribution in [1.82, 2.24) is 15.1 Å². The van der Waals surface area contributed by atoms with E-state index >= 15 is 0 Å². The summed E-state index contributed by atoms with van der Waals surface area (Å²) in [4.78, 5) is 44.2. The SMILES string of the molecule is CCOc1c(C(=O)NC[C@@H](O)[C@@H]2Cc3ccccc3CN2C(=O)OC(C)(C)C)sc2c1C(=O)N(Cc1ccccc1)C2. The summed E-state index contributed by atoms with van der Waals surface area (Å²) in [5.74, 6) is -0.312. The Hall–Kier alpha value is -3.89. The van der Waals surface area contributed by atoms with Gasteiger partial charge in [-0.2, -0.15) is 0 Å². The van der Waals surface area contributed by atoms with E-state index in [0.29, 0.717) is 43.1 Å². The van der Waals surface area contributed by atoms with E-state index in [1.54, 1.807) is 25.7 Å². The van der Waals surface area contributed by atoms with E-state index in [1.807, 2.05) is 61.5 Å². The summed E-state index contributed by atoms with van der Waals surface area (Å²) in [7, 11) is 0. The van der Waals surface area contributed by atoms with Gasteiger partial charge in [0.1, 0.15) is 10.5 Å². The Morgan fingerprint density at radius 2 is 1.76 bits per heavy atom. The number of hydrogen-bond acceptors (Lipinski definition) is 7. The molecule has 9 nitrogen and oxygen atoms in total. The highest BCUT2D eigenvalue weighted by Crippen LogP contribution is 2.41. The van der Waals surface area contributed by atoms with E-state index in [9.17, 15) is 19.5 Å². The predicted molar refractivity (Wildman–Crippen MR) is 160 cm³/mol. The predicted octanol–water partition coefficient (Wildman–Crippen LogP) is 4.76. The number of thiophene rings is 1. The number of benzene rings is 2. The van der Waals surface area contributed by atoms with Crippen molar-refractivity contribution in [2.75, 3.05) is 13.2 Å². The van der Waals surface area contributed by atoms with Gasteiger partial charge >= 0.3 is 6.09 Å². The number of fused-ring (bicyclic) bond motifs is 2. The van der Waals surface area contributed by atoms with Crippen LogP contribution >= 0.6 is 11.3 Å². The third-order valence-corrected chi connectivity index (χ3v) is 8.47. The van der Waals surface area contributed by atoms with Gasteiger partial charge in [0.05, 0.1) is 30.9 Å². The number of rotatable bonds is 8. The van der Waals surface area contributed by atoms with Crippen LogP contribution in [-0.2, 0) is 30.8 Å². The first-order chi connectivity index (χ1) is 20.1. The number of nitrogens with zero attached hydrogens (tertiary/aromatic N) is 2. The Balaban J connectivity index is 1.30. The molecule has 0 fully saturated rings. The fourth-order valence-corrected chi connectivity index (χ4v) is 6.55. The molecule has 0 saturated carbocycles. The fourth-order valence-electron chi connectivity index (χ4n) is 5.38. The summed E-state index contributed by atoms with van der Waals surface area (Å²) in [5, 5.41) is 14.1. The highest BCUT2D eigenvalue weighted by molar-refractivity contribution is 7.15. The molecule has 0 aliphatic carbocycles. The van der Waals surface area contributed by atoms with Gasteiger partial charge in [0.25, 0.3) is 11.8 Å². The number of ether oxygens (including phenoxy) is 2. The summed E-state index contributed by atoms with van der Waals surface area (Å²) in [6, 6.07) is 17.0. The van der Waals surface area contributed by atoms with Crippen LogP contribution in [0, 0.1) is 0 Å². The molecule has 2 aliphatic rings. The van der Waals surface area contributed by atoms with Crippen molar-refractivity contribution in [3.8, 4) is 5.75 Å². The smallest absolute Gasteiger partial charge is 0.410 e. The third-order valence-electron chi connectivity index (χ3n) is 7.32. The lowest BCUT2D eigenvalue weighted by molar-refractivity contribution is -0.0113. The van der Waals surface area contributed by atoms with Gasteiger partial charge < -0.3 is 24.8 Å². The fraction of sp³-hybridized carbons (Fsp3) is 0.406. The summed E-state index contributed by atoms with van der Waals surface area (Å²) in [6.45, 7) is 8.58.